The van der Waals surface area contributed by atoms with Crippen LogP contribution in [0.3, 0.4) is 0 Å². The minimum atomic E-state index is 0.404. The molecule has 0 bridgehead atoms. The molecule has 0 aliphatic carbocycles. The Labute approximate surface area is 69.3 Å². The van der Waals surface area contributed by atoms with Crippen molar-refractivity contribution < 1.29 is 0 Å². The van der Waals surface area contributed by atoms with Crippen molar-refractivity contribution in [3.05, 3.63) is 42.3 Å². The fourth-order valence-corrected chi connectivity index (χ4v) is 1.08. The predicted octanol–water partition coefficient (Wildman–Crippen LogP) is 3.19. The molecule has 1 aromatic carbocycles. The first-order valence-electron chi connectivity index (χ1n) is 4.16. The average Bonchev–Trinajstić information content (AvgIpc) is 2.05. The van der Waals surface area contributed by atoms with Crippen LogP contribution in [0.1, 0.15) is 30.9 Å². The van der Waals surface area contributed by atoms with Crippen LogP contribution in [-0.2, 0) is 6.42 Å². The van der Waals surface area contributed by atoms with Crippen LogP contribution in [0.2, 0.25) is 0 Å². The molecule has 1 aromatic rings. The maximum absolute atomic E-state index is 3.96. The van der Waals surface area contributed by atoms with E-state index in [0.717, 1.165) is 6.42 Å². The second-order valence-electron chi connectivity index (χ2n) is 3.00. The number of rotatable bonds is 2. The van der Waals surface area contributed by atoms with Crippen molar-refractivity contribution in [1.29, 1.82) is 0 Å². The fourth-order valence-electron chi connectivity index (χ4n) is 1.08. The Balaban J connectivity index is 2.83. The molecule has 0 spiro atoms. The monoisotopic (exact) mass is 147 g/mol. The molecule has 0 radical (unpaired) electrons. The first-order chi connectivity index (χ1) is 5.24. The van der Waals surface area contributed by atoms with E-state index in [4.69, 9.17) is 0 Å². The number of benzene rings is 1. The Morgan fingerprint density at radius 3 is 2.18 bits per heavy atom. The van der Waals surface area contributed by atoms with Gasteiger partial charge in [-0.15, -0.1) is 0 Å². The first-order valence-corrected chi connectivity index (χ1v) is 4.16. The van der Waals surface area contributed by atoms with Gasteiger partial charge in [0, 0.05) is 0 Å². The topological polar surface area (TPSA) is 0 Å². The van der Waals surface area contributed by atoms with Gasteiger partial charge < -0.3 is 0 Å². The summed E-state index contributed by atoms with van der Waals surface area (Å²) in [5, 5.41) is 0. The molecule has 0 aliphatic heterocycles. The zero-order valence-corrected chi connectivity index (χ0v) is 7.30. The molecule has 0 amide bonds. The Morgan fingerprint density at radius 1 is 1.27 bits per heavy atom. The van der Waals surface area contributed by atoms with Gasteiger partial charge in [0.05, 0.1) is 6.92 Å². The summed E-state index contributed by atoms with van der Waals surface area (Å²) in [7, 11) is 0. The summed E-state index contributed by atoms with van der Waals surface area (Å²) in [6, 6.07) is 8.68. The highest BCUT2D eigenvalue weighted by Gasteiger charge is 2.02. The molecule has 58 valence electrons. The van der Waals surface area contributed by atoms with Gasteiger partial charge in [-0.2, -0.15) is 0 Å². The lowest BCUT2D eigenvalue weighted by Gasteiger charge is -2.00. The van der Waals surface area contributed by atoms with Crippen LogP contribution in [0.4, 0.5) is 0 Å². The average molecular weight is 147 g/mol. The first kappa shape index (κ1) is 8.19. The number of hydrogen-bond acceptors (Lipinski definition) is 0. The van der Waals surface area contributed by atoms with Gasteiger partial charge in [0.25, 0.3) is 0 Å². The van der Waals surface area contributed by atoms with Gasteiger partial charge >= 0.3 is 0 Å². The normalized spacial score (nSPS) is 12.9. The van der Waals surface area contributed by atoms with E-state index >= 15 is 0 Å². The summed E-state index contributed by atoms with van der Waals surface area (Å²) in [6.07, 6.45) is 1.12. The second-order valence-corrected chi connectivity index (χ2v) is 3.00. The summed E-state index contributed by atoms with van der Waals surface area (Å²) >= 11 is 0. The van der Waals surface area contributed by atoms with Crippen LogP contribution in [0.25, 0.3) is 0 Å². The third-order valence-corrected chi connectivity index (χ3v) is 1.96. The van der Waals surface area contributed by atoms with E-state index in [2.05, 4.69) is 45.0 Å². The minimum absolute atomic E-state index is 0.404. The van der Waals surface area contributed by atoms with Crippen LogP contribution < -0.4 is 0 Å². The van der Waals surface area contributed by atoms with Crippen LogP contribution in [0.15, 0.2) is 24.3 Å². The molecule has 1 rings (SSSR count). The number of aryl methyl sites for hydroxylation is 1. The van der Waals surface area contributed by atoms with E-state index in [1.165, 1.54) is 11.1 Å². The Morgan fingerprint density at radius 2 is 1.82 bits per heavy atom. The van der Waals surface area contributed by atoms with Crippen LogP contribution in [0.5, 0.6) is 0 Å². The van der Waals surface area contributed by atoms with Crippen molar-refractivity contribution in [3.8, 4) is 0 Å². The SMILES string of the molecule is [CH2+]C(C)c1ccc(CC)cc1. The van der Waals surface area contributed by atoms with Gasteiger partial charge in [0.2, 0.25) is 0 Å². The van der Waals surface area contributed by atoms with Crippen LogP contribution >= 0.6 is 0 Å². The van der Waals surface area contributed by atoms with Crippen molar-refractivity contribution >= 4 is 0 Å². The summed E-state index contributed by atoms with van der Waals surface area (Å²) < 4.78 is 0. The highest BCUT2D eigenvalue weighted by Crippen LogP contribution is 2.14. The third kappa shape index (κ3) is 2.01. The Kier molecular flexibility index (Phi) is 2.58. The molecule has 11 heavy (non-hydrogen) atoms. The molecule has 0 N–H and O–H groups in total. The fraction of sp³-hybridized carbons (Fsp3) is 0.364. The lowest BCUT2D eigenvalue weighted by molar-refractivity contribution is 0.960. The molecular formula is C11H15+. The smallest absolute Gasteiger partial charge is 0.0613 e. The third-order valence-electron chi connectivity index (χ3n) is 1.96. The Hall–Kier alpha value is -0.910. The van der Waals surface area contributed by atoms with Gasteiger partial charge in [-0.3, -0.25) is 0 Å². The highest BCUT2D eigenvalue weighted by molar-refractivity contribution is 5.25. The van der Waals surface area contributed by atoms with Crippen molar-refractivity contribution in [1.82, 2.24) is 0 Å². The molecular weight excluding hydrogens is 132 g/mol. The zero-order valence-electron chi connectivity index (χ0n) is 7.30. The molecule has 0 nitrogen and oxygen atoms in total. The predicted molar refractivity (Wildman–Crippen MR) is 49.6 cm³/mol. The van der Waals surface area contributed by atoms with E-state index in [0.29, 0.717) is 5.92 Å². The molecule has 1 atom stereocenters. The lowest BCUT2D eigenvalue weighted by Crippen LogP contribution is -1.87. The van der Waals surface area contributed by atoms with Crippen LogP contribution in [-0.4, -0.2) is 0 Å². The van der Waals surface area contributed by atoms with Crippen molar-refractivity contribution in [2.24, 2.45) is 0 Å². The van der Waals surface area contributed by atoms with Gasteiger partial charge in [-0.05, 0) is 24.5 Å². The zero-order chi connectivity index (χ0) is 8.27. The Bertz CT molecular complexity index is 206. The molecule has 0 saturated heterocycles. The quantitative estimate of drug-likeness (QED) is 0.563. The molecule has 1 unspecified atom stereocenters. The summed E-state index contributed by atoms with van der Waals surface area (Å²) in [4.78, 5) is 0. The van der Waals surface area contributed by atoms with E-state index in [1.54, 1.807) is 0 Å². The van der Waals surface area contributed by atoms with E-state index in [9.17, 15) is 0 Å². The van der Waals surface area contributed by atoms with E-state index < -0.39 is 0 Å². The molecule has 0 heterocycles. The maximum atomic E-state index is 3.96. The molecule has 0 heteroatoms. The van der Waals surface area contributed by atoms with Gasteiger partial charge in [-0.1, -0.05) is 31.2 Å². The van der Waals surface area contributed by atoms with Gasteiger partial charge in [0.15, 0.2) is 0 Å². The molecule has 0 saturated carbocycles. The van der Waals surface area contributed by atoms with E-state index in [-0.39, 0.29) is 0 Å². The highest BCUT2D eigenvalue weighted by atomic mass is 14.0. The van der Waals surface area contributed by atoms with Crippen molar-refractivity contribution in [2.45, 2.75) is 26.2 Å². The van der Waals surface area contributed by atoms with Crippen molar-refractivity contribution in [3.63, 3.8) is 0 Å². The van der Waals surface area contributed by atoms with Crippen LogP contribution in [0, 0.1) is 6.92 Å². The molecule has 0 aromatic heterocycles. The van der Waals surface area contributed by atoms with Crippen molar-refractivity contribution in [2.75, 3.05) is 0 Å². The summed E-state index contributed by atoms with van der Waals surface area (Å²) in [5.41, 5.74) is 2.72. The van der Waals surface area contributed by atoms with E-state index in [1.807, 2.05) is 0 Å². The van der Waals surface area contributed by atoms with Gasteiger partial charge in [-0.25, -0.2) is 0 Å². The number of hydrogen-bond donors (Lipinski definition) is 0. The maximum Gasteiger partial charge on any atom is 0.117 e. The molecule has 0 aliphatic rings. The summed E-state index contributed by atoms with van der Waals surface area (Å²) in [6.45, 7) is 8.25. The molecule has 0 fully saturated rings. The summed E-state index contributed by atoms with van der Waals surface area (Å²) in [5.74, 6) is 0.404. The largest absolute Gasteiger partial charge is 0.117 e. The van der Waals surface area contributed by atoms with Gasteiger partial charge in [0.1, 0.15) is 5.92 Å². The lowest BCUT2D eigenvalue weighted by atomic mass is 10.0. The standard InChI is InChI=1S/C11H15/c1-4-10-5-7-11(8-6-10)9(2)3/h5-9H,2,4H2,1,3H3/q+1. The minimum Gasteiger partial charge on any atom is -0.0613 e. The second kappa shape index (κ2) is 3.47.